The molecule has 0 aliphatic carbocycles. The summed E-state index contributed by atoms with van der Waals surface area (Å²) in [4.78, 5) is 0. The number of aliphatic hydroxyl groups is 1. The Morgan fingerprint density at radius 1 is 1.19 bits per heavy atom. The third-order valence-electron chi connectivity index (χ3n) is 2.73. The van der Waals surface area contributed by atoms with E-state index in [2.05, 4.69) is 27.9 Å². The SMILES string of the molecule is OC(CNc1ccccc1I)COc1cc(Cl)ccc1Cl. The topological polar surface area (TPSA) is 41.5 Å². The normalized spacial score (nSPS) is 12.0. The van der Waals surface area contributed by atoms with Gasteiger partial charge >= 0.3 is 0 Å². The summed E-state index contributed by atoms with van der Waals surface area (Å²) in [5.41, 5.74) is 0.984. The summed E-state index contributed by atoms with van der Waals surface area (Å²) < 4.78 is 6.59. The third-order valence-corrected chi connectivity index (χ3v) is 4.21. The number of ether oxygens (including phenoxy) is 1. The van der Waals surface area contributed by atoms with Crippen molar-refractivity contribution in [1.82, 2.24) is 0 Å². The molecule has 3 nitrogen and oxygen atoms in total. The van der Waals surface area contributed by atoms with E-state index >= 15 is 0 Å². The van der Waals surface area contributed by atoms with Gasteiger partial charge in [0, 0.05) is 26.9 Å². The summed E-state index contributed by atoms with van der Waals surface area (Å²) in [7, 11) is 0. The van der Waals surface area contributed by atoms with Crippen molar-refractivity contribution in [3.8, 4) is 5.75 Å². The Labute approximate surface area is 147 Å². The minimum absolute atomic E-state index is 0.135. The maximum atomic E-state index is 9.96. The van der Waals surface area contributed by atoms with Gasteiger partial charge in [0.1, 0.15) is 18.5 Å². The molecule has 1 unspecified atom stereocenters. The van der Waals surface area contributed by atoms with Crippen LogP contribution in [-0.4, -0.2) is 24.4 Å². The number of anilines is 1. The van der Waals surface area contributed by atoms with Gasteiger partial charge in [0.15, 0.2) is 0 Å². The van der Waals surface area contributed by atoms with Crippen molar-refractivity contribution < 1.29 is 9.84 Å². The molecular weight excluding hydrogens is 424 g/mol. The Hall–Kier alpha value is -0.690. The molecule has 2 N–H and O–H groups in total. The van der Waals surface area contributed by atoms with Gasteiger partial charge < -0.3 is 15.2 Å². The van der Waals surface area contributed by atoms with Crippen LogP contribution >= 0.6 is 45.8 Å². The molecule has 0 saturated heterocycles. The van der Waals surface area contributed by atoms with Crippen LogP contribution in [-0.2, 0) is 0 Å². The molecule has 0 saturated carbocycles. The van der Waals surface area contributed by atoms with Crippen LogP contribution < -0.4 is 10.1 Å². The summed E-state index contributed by atoms with van der Waals surface area (Å²) in [5, 5.41) is 14.1. The fourth-order valence-electron chi connectivity index (χ4n) is 1.67. The zero-order valence-electron chi connectivity index (χ0n) is 11.0. The van der Waals surface area contributed by atoms with E-state index < -0.39 is 6.10 Å². The Bertz CT molecular complexity index is 610. The number of aliphatic hydroxyl groups excluding tert-OH is 1. The van der Waals surface area contributed by atoms with E-state index in [9.17, 15) is 5.11 Å². The van der Waals surface area contributed by atoms with Gasteiger partial charge in [0.05, 0.1) is 5.02 Å². The van der Waals surface area contributed by atoms with Crippen molar-refractivity contribution >= 4 is 51.5 Å². The third kappa shape index (κ3) is 5.21. The van der Waals surface area contributed by atoms with E-state index in [1.165, 1.54) is 0 Å². The average molecular weight is 438 g/mol. The lowest BCUT2D eigenvalue weighted by molar-refractivity contribution is 0.117. The number of hydrogen-bond acceptors (Lipinski definition) is 3. The zero-order valence-corrected chi connectivity index (χ0v) is 14.7. The fourth-order valence-corrected chi connectivity index (χ4v) is 2.58. The van der Waals surface area contributed by atoms with Gasteiger partial charge in [-0.25, -0.2) is 0 Å². The smallest absolute Gasteiger partial charge is 0.139 e. The molecule has 0 heterocycles. The number of benzene rings is 2. The summed E-state index contributed by atoms with van der Waals surface area (Å²) in [5.74, 6) is 0.470. The highest BCUT2D eigenvalue weighted by Crippen LogP contribution is 2.27. The molecule has 2 rings (SSSR count). The highest BCUT2D eigenvalue weighted by Gasteiger charge is 2.09. The first kappa shape index (κ1) is 16.7. The van der Waals surface area contributed by atoms with Crippen molar-refractivity contribution in [3.05, 3.63) is 56.1 Å². The zero-order chi connectivity index (χ0) is 15.2. The average Bonchev–Trinajstić information content (AvgIpc) is 2.47. The number of para-hydroxylation sites is 1. The second kappa shape index (κ2) is 8.08. The Morgan fingerprint density at radius 3 is 2.71 bits per heavy atom. The molecule has 21 heavy (non-hydrogen) atoms. The predicted octanol–water partition coefficient (Wildman–Crippen LogP) is 4.45. The van der Waals surface area contributed by atoms with Gasteiger partial charge in [-0.15, -0.1) is 0 Å². The molecule has 2 aromatic carbocycles. The number of halogens is 3. The Balaban J connectivity index is 1.84. The van der Waals surface area contributed by atoms with Crippen LogP contribution in [0.25, 0.3) is 0 Å². The number of hydrogen-bond donors (Lipinski definition) is 2. The second-order valence-electron chi connectivity index (χ2n) is 4.40. The number of nitrogens with one attached hydrogen (secondary N) is 1. The van der Waals surface area contributed by atoms with E-state index in [0.29, 0.717) is 22.3 Å². The lowest BCUT2D eigenvalue weighted by Gasteiger charge is -2.15. The van der Waals surface area contributed by atoms with Crippen LogP contribution in [0.4, 0.5) is 5.69 Å². The summed E-state index contributed by atoms with van der Waals surface area (Å²) >= 11 is 14.1. The van der Waals surface area contributed by atoms with Crippen molar-refractivity contribution in [1.29, 1.82) is 0 Å². The van der Waals surface area contributed by atoms with Gasteiger partial charge in [0.2, 0.25) is 0 Å². The molecule has 112 valence electrons. The number of rotatable bonds is 6. The predicted molar refractivity (Wildman–Crippen MR) is 95.6 cm³/mol. The van der Waals surface area contributed by atoms with Crippen molar-refractivity contribution in [3.63, 3.8) is 0 Å². The van der Waals surface area contributed by atoms with Gasteiger partial charge in [-0.3, -0.25) is 0 Å². The molecule has 0 bridgehead atoms. The first-order chi connectivity index (χ1) is 10.1. The molecule has 2 aromatic rings. The van der Waals surface area contributed by atoms with Crippen molar-refractivity contribution in [2.24, 2.45) is 0 Å². The van der Waals surface area contributed by atoms with Crippen LogP contribution in [0.3, 0.4) is 0 Å². The van der Waals surface area contributed by atoms with Crippen LogP contribution in [0.15, 0.2) is 42.5 Å². The molecule has 0 radical (unpaired) electrons. The maximum absolute atomic E-state index is 9.96. The second-order valence-corrected chi connectivity index (χ2v) is 6.41. The van der Waals surface area contributed by atoms with E-state index in [4.69, 9.17) is 27.9 Å². The first-order valence-electron chi connectivity index (χ1n) is 6.30. The van der Waals surface area contributed by atoms with E-state index in [-0.39, 0.29) is 6.61 Å². The standard InChI is InChI=1S/C15H14Cl2INO2/c16-10-5-6-12(17)15(7-10)21-9-11(20)8-19-14-4-2-1-3-13(14)18/h1-7,11,19-20H,8-9H2. The molecule has 0 aliphatic rings. The first-order valence-corrected chi connectivity index (χ1v) is 8.14. The van der Waals surface area contributed by atoms with E-state index in [1.54, 1.807) is 18.2 Å². The minimum atomic E-state index is -0.656. The minimum Gasteiger partial charge on any atom is -0.489 e. The molecule has 0 amide bonds. The van der Waals surface area contributed by atoms with Gasteiger partial charge in [0.25, 0.3) is 0 Å². The lowest BCUT2D eigenvalue weighted by Crippen LogP contribution is -2.26. The monoisotopic (exact) mass is 437 g/mol. The van der Waals surface area contributed by atoms with Crippen LogP contribution in [0.1, 0.15) is 0 Å². The molecule has 0 spiro atoms. The van der Waals surface area contributed by atoms with Crippen LogP contribution in [0.5, 0.6) is 5.75 Å². The van der Waals surface area contributed by atoms with Crippen molar-refractivity contribution in [2.45, 2.75) is 6.10 Å². The maximum Gasteiger partial charge on any atom is 0.139 e. The van der Waals surface area contributed by atoms with Crippen molar-refractivity contribution in [2.75, 3.05) is 18.5 Å². The highest BCUT2D eigenvalue weighted by molar-refractivity contribution is 14.1. The summed E-state index contributed by atoms with van der Waals surface area (Å²) in [6.45, 7) is 0.522. The molecule has 0 aliphatic heterocycles. The largest absolute Gasteiger partial charge is 0.489 e. The molecule has 0 fully saturated rings. The Morgan fingerprint density at radius 2 is 1.95 bits per heavy atom. The van der Waals surface area contributed by atoms with Crippen LogP contribution in [0.2, 0.25) is 10.0 Å². The van der Waals surface area contributed by atoms with Gasteiger partial charge in [-0.05, 0) is 46.9 Å². The Kier molecular flexibility index (Phi) is 6.41. The van der Waals surface area contributed by atoms with Gasteiger partial charge in [-0.1, -0.05) is 35.3 Å². The summed E-state index contributed by atoms with van der Waals surface area (Å²) in [6.07, 6.45) is -0.656. The molecule has 1 atom stereocenters. The van der Waals surface area contributed by atoms with E-state index in [1.807, 2.05) is 24.3 Å². The molecule has 0 aromatic heterocycles. The van der Waals surface area contributed by atoms with E-state index in [0.717, 1.165) is 9.26 Å². The van der Waals surface area contributed by atoms with Gasteiger partial charge in [-0.2, -0.15) is 0 Å². The fraction of sp³-hybridized carbons (Fsp3) is 0.200. The molecule has 6 heteroatoms. The summed E-state index contributed by atoms with van der Waals surface area (Å²) in [6, 6.07) is 12.8. The highest BCUT2D eigenvalue weighted by atomic mass is 127. The lowest BCUT2D eigenvalue weighted by atomic mass is 10.3. The molecular formula is C15H14Cl2INO2. The van der Waals surface area contributed by atoms with Crippen LogP contribution in [0, 0.1) is 3.57 Å². The quantitative estimate of drug-likeness (QED) is 0.656.